The third-order valence-electron chi connectivity index (χ3n) is 8.15. The van der Waals surface area contributed by atoms with Crippen molar-refractivity contribution in [2.45, 2.75) is 69.8 Å². The molecule has 0 spiro atoms. The van der Waals surface area contributed by atoms with Crippen molar-refractivity contribution in [1.29, 1.82) is 5.26 Å². The van der Waals surface area contributed by atoms with Crippen LogP contribution in [-0.4, -0.2) is 49.4 Å². The molecule has 3 N–H and O–H groups in total. The second-order valence-corrected chi connectivity index (χ2v) is 11.9. The summed E-state index contributed by atoms with van der Waals surface area (Å²) in [5.41, 5.74) is 7.62. The average molecular weight is 556 g/mol. The number of rotatable bonds is 5. The molecule has 3 heterocycles. The summed E-state index contributed by atoms with van der Waals surface area (Å²) >= 11 is 0. The van der Waals surface area contributed by atoms with E-state index in [0.717, 1.165) is 25.7 Å². The van der Waals surface area contributed by atoms with Crippen LogP contribution in [0, 0.1) is 23.0 Å². The van der Waals surface area contributed by atoms with Gasteiger partial charge in [0, 0.05) is 46.9 Å². The average Bonchev–Trinajstić information content (AvgIpc) is 3.42. The number of nitriles is 1. The zero-order valence-corrected chi connectivity index (χ0v) is 22.9. The number of halogens is 2. The van der Waals surface area contributed by atoms with Gasteiger partial charge in [-0.2, -0.15) is 10.4 Å². The number of hydrogen-bond donors (Lipinski definition) is 2. The number of carbonyl (C=O) groups is 1. The maximum absolute atomic E-state index is 15.6. The fourth-order valence-electron chi connectivity index (χ4n) is 6.41. The Morgan fingerprint density at radius 1 is 1.05 bits per heavy atom. The van der Waals surface area contributed by atoms with Crippen molar-refractivity contribution in [2.24, 2.45) is 5.73 Å². The van der Waals surface area contributed by atoms with E-state index in [-0.39, 0.29) is 41.7 Å². The first-order chi connectivity index (χ1) is 19.5. The minimum Gasteiger partial charge on any atom is -0.389 e. The number of fused-ring (bicyclic) bond motifs is 3. The predicted molar refractivity (Wildman–Crippen MR) is 152 cm³/mol. The molecule has 2 unspecified atom stereocenters. The topological polar surface area (TPSA) is 108 Å². The number of nitrogens with two attached hydrogens (primary N) is 1. The van der Waals surface area contributed by atoms with Crippen LogP contribution in [0.3, 0.4) is 0 Å². The van der Waals surface area contributed by atoms with Gasteiger partial charge in [-0.1, -0.05) is 12.1 Å². The highest BCUT2D eigenvalue weighted by molar-refractivity contribution is 5.99. The molecule has 2 bridgehead atoms. The Balaban J connectivity index is 1.47. The largest absolute Gasteiger partial charge is 0.389 e. The van der Waals surface area contributed by atoms with Crippen LogP contribution in [0.1, 0.15) is 55.5 Å². The van der Waals surface area contributed by atoms with Gasteiger partial charge < -0.3 is 15.7 Å². The zero-order chi connectivity index (χ0) is 29.1. The molecular weight excluding hydrogens is 524 g/mol. The smallest absolute Gasteiger partial charge is 0.254 e. The molecule has 1 aromatic heterocycles. The summed E-state index contributed by atoms with van der Waals surface area (Å²) in [5, 5.41) is 24.5. The van der Waals surface area contributed by atoms with Crippen LogP contribution < -0.4 is 5.73 Å². The molecule has 6 rings (SSSR count). The summed E-state index contributed by atoms with van der Waals surface area (Å²) in [6.45, 7) is 3.57. The third kappa shape index (κ3) is 5.09. The highest BCUT2D eigenvalue weighted by atomic mass is 19.1. The minimum absolute atomic E-state index is 0.0850. The molecule has 2 aliphatic heterocycles. The standard InChI is InChI=1S/C32H31F2N5O2/c1-32(2,41)17-38-16-21-10-27(29(34)14-30(21)37-38)25-8-5-19(9-26(25)18-3-4-20(15-35)28(33)11-18)31(40)39-23-6-7-24(39)13-22(36)12-23/h3-5,8-11,14,16,22-24,41H,6-7,12-13,17,36H2,1-2H3. The van der Waals surface area contributed by atoms with Gasteiger partial charge in [0.2, 0.25) is 0 Å². The van der Waals surface area contributed by atoms with E-state index in [4.69, 9.17) is 5.73 Å². The molecule has 210 valence electrons. The predicted octanol–water partition coefficient (Wildman–Crippen LogP) is 5.39. The lowest BCUT2D eigenvalue weighted by Gasteiger charge is -2.38. The monoisotopic (exact) mass is 555 g/mol. The SMILES string of the molecule is CC(C)(O)Cn1cc2cc(-c3ccc(C(=O)N4C5CCC4CC(N)C5)cc3-c3ccc(C#N)c(F)c3)c(F)cc2n1. The van der Waals surface area contributed by atoms with Gasteiger partial charge in [-0.15, -0.1) is 0 Å². The first kappa shape index (κ1) is 27.1. The summed E-state index contributed by atoms with van der Waals surface area (Å²) < 4.78 is 32.0. The Labute approximate surface area is 236 Å². The van der Waals surface area contributed by atoms with E-state index < -0.39 is 17.2 Å². The van der Waals surface area contributed by atoms with Crippen molar-refractivity contribution in [3.8, 4) is 28.3 Å². The molecule has 7 nitrogen and oxygen atoms in total. The van der Waals surface area contributed by atoms with E-state index in [1.807, 2.05) is 11.0 Å². The molecule has 2 aliphatic rings. The molecule has 0 saturated carbocycles. The fourth-order valence-corrected chi connectivity index (χ4v) is 6.41. The summed E-state index contributed by atoms with van der Waals surface area (Å²) in [7, 11) is 0. The van der Waals surface area contributed by atoms with Crippen molar-refractivity contribution in [1.82, 2.24) is 14.7 Å². The molecule has 0 aliphatic carbocycles. The van der Waals surface area contributed by atoms with Gasteiger partial charge in [0.1, 0.15) is 17.7 Å². The molecule has 2 saturated heterocycles. The van der Waals surface area contributed by atoms with Crippen LogP contribution >= 0.6 is 0 Å². The maximum atomic E-state index is 15.6. The van der Waals surface area contributed by atoms with Crippen molar-refractivity contribution in [3.05, 3.63) is 77.5 Å². The van der Waals surface area contributed by atoms with Crippen LogP contribution in [0.5, 0.6) is 0 Å². The van der Waals surface area contributed by atoms with Crippen LogP contribution in [0.15, 0.2) is 54.7 Å². The first-order valence-corrected chi connectivity index (χ1v) is 13.8. The number of carbonyl (C=O) groups excluding carboxylic acids is 1. The van der Waals surface area contributed by atoms with Gasteiger partial charge >= 0.3 is 0 Å². The lowest BCUT2D eigenvalue weighted by Crippen LogP contribution is -2.50. The maximum Gasteiger partial charge on any atom is 0.254 e. The number of benzene rings is 3. The second-order valence-electron chi connectivity index (χ2n) is 11.9. The molecular formula is C32H31F2N5O2. The third-order valence-corrected chi connectivity index (χ3v) is 8.15. The van der Waals surface area contributed by atoms with E-state index in [9.17, 15) is 19.6 Å². The summed E-state index contributed by atoms with van der Waals surface area (Å²) in [6, 6.07) is 14.4. The lowest BCUT2D eigenvalue weighted by molar-refractivity contribution is 0.0569. The molecule has 9 heteroatoms. The Kier molecular flexibility index (Phi) is 6.63. The highest BCUT2D eigenvalue weighted by Gasteiger charge is 2.42. The number of aliphatic hydroxyl groups is 1. The minimum atomic E-state index is -1.00. The van der Waals surface area contributed by atoms with Crippen LogP contribution in [0.4, 0.5) is 8.78 Å². The fraction of sp³-hybridized carbons (Fsp3) is 0.344. The van der Waals surface area contributed by atoms with Gasteiger partial charge in [0.15, 0.2) is 0 Å². The van der Waals surface area contributed by atoms with Crippen LogP contribution in [0.25, 0.3) is 33.2 Å². The van der Waals surface area contributed by atoms with Gasteiger partial charge in [0.25, 0.3) is 5.91 Å². The van der Waals surface area contributed by atoms with E-state index in [2.05, 4.69) is 5.10 Å². The molecule has 2 atom stereocenters. The van der Waals surface area contributed by atoms with E-state index in [1.165, 1.54) is 18.2 Å². The summed E-state index contributed by atoms with van der Waals surface area (Å²) in [4.78, 5) is 15.7. The molecule has 2 fully saturated rings. The highest BCUT2D eigenvalue weighted by Crippen LogP contribution is 2.39. The van der Waals surface area contributed by atoms with Crippen molar-refractivity contribution in [3.63, 3.8) is 0 Å². The molecule has 1 amide bonds. The molecule has 41 heavy (non-hydrogen) atoms. The Morgan fingerprint density at radius 3 is 2.44 bits per heavy atom. The Hall–Kier alpha value is -4.13. The first-order valence-electron chi connectivity index (χ1n) is 13.8. The molecule has 3 aromatic carbocycles. The Bertz CT molecular complexity index is 1700. The van der Waals surface area contributed by atoms with E-state index >= 15 is 4.39 Å². The van der Waals surface area contributed by atoms with Gasteiger partial charge in [0.05, 0.1) is 23.2 Å². The quantitative estimate of drug-likeness (QED) is 0.344. The van der Waals surface area contributed by atoms with Gasteiger partial charge in [-0.25, -0.2) is 8.78 Å². The molecule has 0 radical (unpaired) electrons. The van der Waals surface area contributed by atoms with E-state index in [0.29, 0.717) is 33.2 Å². The summed E-state index contributed by atoms with van der Waals surface area (Å²) in [6.07, 6.45) is 5.11. The number of aromatic nitrogens is 2. The van der Waals surface area contributed by atoms with E-state index in [1.54, 1.807) is 55.1 Å². The molecule has 4 aromatic rings. The lowest BCUT2D eigenvalue weighted by atomic mass is 9.90. The Morgan fingerprint density at radius 2 is 1.78 bits per heavy atom. The zero-order valence-electron chi connectivity index (χ0n) is 22.9. The number of piperidine rings is 1. The van der Waals surface area contributed by atoms with Crippen LogP contribution in [0.2, 0.25) is 0 Å². The van der Waals surface area contributed by atoms with Crippen LogP contribution in [-0.2, 0) is 6.54 Å². The van der Waals surface area contributed by atoms with Gasteiger partial charge in [-0.05, 0) is 86.6 Å². The normalized spacial score (nSPS) is 20.4. The summed E-state index contributed by atoms with van der Waals surface area (Å²) in [5.74, 6) is -1.33. The number of nitrogens with zero attached hydrogens (tertiary/aromatic N) is 4. The van der Waals surface area contributed by atoms with Crippen molar-refractivity contribution in [2.75, 3.05) is 0 Å². The second kappa shape index (κ2) is 10.1. The number of amides is 1. The van der Waals surface area contributed by atoms with Crippen molar-refractivity contribution < 1.29 is 18.7 Å². The van der Waals surface area contributed by atoms with Gasteiger partial charge in [-0.3, -0.25) is 9.48 Å². The van der Waals surface area contributed by atoms with Crippen molar-refractivity contribution >= 4 is 16.8 Å². The number of hydrogen-bond acceptors (Lipinski definition) is 5.